The van der Waals surface area contributed by atoms with Crippen molar-refractivity contribution in [2.45, 2.75) is 80.6 Å². The van der Waals surface area contributed by atoms with Gasteiger partial charge in [0.15, 0.2) is 0 Å². The van der Waals surface area contributed by atoms with Gasteiger partial charge in [0, 0.05) is 13.1 Å². The molecule has 1 fully saturated rings. The summed E-state index contributed by atoms with van der Waals surface area (Å²) in [5.41, 5.74) is 11.1. The number of carbonyl (C=O) groups is 1. The lowest BCUT2D eigenvalue weighted by Gasteiger charge is -2.35. The highest BCUT2D eigenvalue weighted by molar-refractivity contribution is 7.73. The number of nitrogens with zero attached hydrogens (tertiary/aromatic N) is 2. The van der Waals surface area contributed by atoms with E-state index in [1.165, 1.54) is 21.2 Å². The van der Waals surface area contributed by atoms with Crippen LogP contribution in [0.25, 0.3) is 0 Å². The highest BCUT2D eigenvalue weighted by Gasteiger charge is 2.48. The third-order valence-corrected chi connectivity index (χ3v) is 17.7. The van der Waals surface area contributed by atoms with Gasteiger partial charge in [-0.3, -0.25) is 0 Å². The van der Waals surface area contributed by atoms with Gasteiger partial charge in [0.2, 0.25) is 0 Å². The highest BCUT2D eigenvalue weighted by Crippen LogP contribution is 2.47. The van der Waals surface area contributed by atoms with E-state index in [-0.39, 0.29) is 18.1 Å². The normalized spacial score (nSPS) is 15.1. The fourth-order valence-electron chi connectivity index (χ4n) is 9.95. The Balaban J connectivity index is 1.47. The van der Waals surface area contributed by atoms with Gasteiger partial charge in [-0.05, 0) is 209 Å². The maximum absolute atomic E-state index is 15.6. The molecule has 0 radical (unpaired) electrons. The second-order valence-electron chi connectivity index (χ2n) is 17.3. The largest absolute Gasteiger partial charge is 0.496 e. The van der Waals surface area contributed by atoms with Gasteiger partial charge in [0.25, 0.3) is 0 Å². The lowest BCUT2D eigenvalue weighted by atomic mass is 10.1. The SMILES string of the molecule is COc1c(C)cc(P(C[C@@H]2[C@@H](CP(c3cc(C)c(OC)c(C)c3)c3cc(C)c(OC)c(C)c3)N(Cc3ccccc3)C(=O)N2Cc2ccccc2)c2cc(C)c(OC)c(C)c2)cc1C. The summed E-state index contributed by atoms with van der Waals surface area (Å²) < 4.78 is 23.6. The number of ether oxygens (including phenoxy) is 4. The van der Waals surface area contributed by atoms with Crippen molar-refractivity contribution in [3.63, 3.8) is 0 Å². The first-order valence-corrected chi connectivity index (χ1v) is 25.1. The number of rotatable bonds is 16. The molecule has 2 amide bonds. The van der Waals surface area contributed by atoms with Crippen LogP contribution < -0.4 is 40.2 Å². The fourth-order valence-corrected chi connectivity index (χ4v) is 15.8. The third-order valence-electron chi connectivity index (χ3n) is 12.7. The summed E-state index contributed by atoms with van der Waals surface area (Å²) in [5.74, 6) is 3.65. The van der Waals surface area contributed by atoms with Crippen LogP contribution in [-0.4, -0.2) is 68.7 Å². The van der Waals surface area contributed by atoms with Gasteiger partial charge in [0.1, 0.15) is 23.0 Å². The second kappa shape index (κ2) is 20.2. The highest BCUT2D eigenvalue weighted by atomic mass is 31.1. The number of benzene rings is 6. The summed E-state index contributed by atoms with van der Waals surface area (Å²) in [6, 6.07) is 39.3. The average Bonchev–Trinajstić information content (AvgIpc) is 3.49. The minimum absolute atomic E-state index is 0.0703. The number of hydrogen-bond acceptors (Lipinski definition) is 5. The van der Waals surface area contributed by atoms with Gasteiger partial charge in [-0.2, -0.15) is 0 Å². The Hall–Kier alpha value is -5.35. The Labute approximate surface area is 384 Å². The predicted octanol–water partition coefficient (Wildman–Crippen LogP) is 10.6. The third kappa shape index (κ3) is 9.68. The molecule has 334 valence electrons. The van der Waals surface area contributed by atoms with E-state index in [1.807, 2.05) is 12.1 Å². The summed E-state index contributed by atoms with van der Waals surface area (Å²) in [4.78, 5) is 20.0. The Morgan fingerprint density at radius 1 is 0.406 bits per heavy atom. The van der Waals surface area contributed by atoms with Gasteiger partial charge < -0.3 is 28.7 Å². The molecule has 1 aliphatic rings. The predicted molar refractivity (Wildman–Crippen MR) is 269 cm³/mol. The molecule has 0 saturated carbocycles. The van der Waals surface area contributed by atoms with Gasteiger partial charge in [0.05, 0.1) is 40.5 Å². The summed E-state index contributed by atoms with van der Waals surface area (Å²) in [6.45, 7) is 18.2. The quantitative estimate of drug-likeness (QED) is 0.0906. The molecule has 0 N–H and O–H groups in total. The molecular weight excluding hydrogens is 831 g/mol. The van der Waals surface area contributed by atoms with E-state index in [2.05, 4.69) is 162 Å². The number of methoxy groups -OCH3 is 4. The maximum atomic E-state index is 15.6. The molecule has 9 heteroatoms. The van der Waals surface area contributed by atoms with Crippen molar-refractivity contribution in [1.29, 1.82) is 0 Å². The Morgan fingerprint density at radius 2 is 0.641 bits per heavy atom. The van der Waals surface area contributed by atoms with Crippen LogP contribution >= 0.6 is 15.8 Å². The van der Waals surface area contributed by atoms with Crippen LogP contribution in [0, 0.1) is 55.4 Å². The second-order valence-corrected chi connectivity index (χ2v) is 21.8. The lowest BCUT2D eigenvalue weighted by Crippen LogP contribution is -2.44. The smallest absolute Gasteiger partial charge is 0.321 e. The van der Waals surface area contributed by atoms with E-state index < -0.39 is 15.8 Å². The molecule has 1 aliphatic heterocycles. The Morgan fingerprint density at radius 3 is 0.859 bits per heavy atom. The van der Waals surface area contributed by atoms with Gasteiger partial charge in [-0.1, -0.05) is 60.7 Å². The van der Waals surface area contributed by atoms with Crippen LogP contribution in [0.2, 0.25) is 0 Å². The number of amides is 2. The molecule has 0 aliphatic carbocycles. The van der Waals surface area contributed by atoms with E-state index in [0.717, 1.165) is 91.0 Å². The molecule has 0 aromatic heterocycles. The monoisotopic (exact) mass is 894 g/mol. The minimum Gasteiger partial charge on any atom is -0.496 e. The van der Waals surface area contributed by atoms with Crippen molar-refractivity contribution in [2.24, 2.45) is 0 Å². The zero-order chi connectivity index (χ0) is 45.8. The van der Waals surface area contributed by atoms with Crippen LogP contribution in [0.4, 0.5) is 4.79 Å². The van der Waals surface area contributed by atoms with E-state index in [0.29, 0.717) is 13.1 Å². The summed E-state index contributed by atoms with van der Waals surface area (Å²) >= 11 is 0. The zero-order valence-electron chi connectivity index (χ0n) is 39.7. The first-order valence-electron chi connectivity index (χ1n) is 22.1. The molecule has 0 bridgehead atoms. The van der Waals surface area contributed by atoms with E-state index in [4.69, 9.17) is 18.9 Å². The van der Waals surface area contributed by atoms with Crippen LogP contribution in [0.1, 0.15) is 55.6 Å². The molecule has 0 spiro atoms. The van der Waals surface area contributed by atoms with E-state index in [9.17, 15) is 0 Å². The van der Waals surface area contributed by atoms with Crippen LogP contribution in [-0.2, 0) is 13.1 Å². The molecule has 7 nitrogen and oxygen atoms in total. The summed E-state index contributed by atoms with van der Waals surface area (Å²) in [5, 5.41) is 5.08. The first-order chi connectivity index (χ1) is 30.8. The first kappa shape index (κ1) is 46.6. The number of carbonyl (C=O) groups excluding carboxylic acids is 1. The van der Waals surface area contributed by atoms with Crippen molar-refractivity contribution >= 4 is 43.1 Å². The van der Waals surface area contributed by atoms with Gasteiger partial charge in [-0.25, -0.2) is 4.79 Å². The van der Waals surface area contributed by atoms with E-state index >= 15 is 4.79 Å². The lowest BCUT2D eigenvalue weighted by molar-refractivity contribution is 0.182. The van der Waals surface area contributed by atoms with Crippen LogP contribution in [0.3, 0.4) is 0 Å². The van der Waals surface area contributed by atoms with Gasteiger partial charge in [-0.15, -0.1) is 0 Å². The molecule has 1 saturated heterocycles. The molecule has 2 atom stereocenters. The minimum atomic E-state index is -1.01. The molecule has 6 aromatic carbocycles. The number of aryl methyl sites for hydroxylation is 8. The van der Waals surface area contributed by atoms with Crippen LogP contribution in [0.15, 0.2) is 109 Å². The molecule has 64 heavy (non-hydrogen) atoms. The summed E-state index contributed by atoms with van der Waals surface area (Å²) in [7, 11) is 4.98. The van der Waals surface area contributed by atoms with Crippen molar-refractivity contribution in [1.82, 2.24) is 9.80 Å². The number of urea groups is 1. The Bertz CT molecular complexity index is 2230. The fraction of sp³-hybridized carbons (Fsp3) is 0.327. The van der Waals surface area contributed by atoms with Crippen molar-refractivity contribution < 1.29 is 23.7 Å². The maximum Gasteiger partial charge on any atom is 0.321 e. The van der Waals surface area contributed by atoms with Crippen molar-refractivity contribution in [2.75, 3.05) is 40.8 Å². The standard InChI is InChI=1S/C55H64N2O5P2/c1-35-23-45(24-36(2)51(35)59-9)63(46-25-37(3)52(60-10)38(4)26-46)33-49-50(57(32-44-21-17-14-18-22-44)55(58)56(49)31-43-19-15-13-16-20-43)34-64(47-27-39(5)53(61-11)40(6)28-47)48-29-41(7)54(62-12)42(8)30-48/h13-30,49-50H,31-34H2,1-12H3/t49-,50-/m1/s1. The zero-order valence-corrected chi connectivity index (χ0v) is 41.5. The van der Waals surface area contributed by atoms with E-state index in [1.54, 1.807) is 28.4 Å². The van der Waals surface area contributed by atoms with Crippen LogP contribution in [0.5, 0.6) is 23.0 Å². The van der Waals surface area contributed by atoms with Crippen molar-refractivity contribution in [3.05, 3.63) is 165 Å². The number of hydrogen-bond donors (Lipinski definition) is 0. The topological polar surface area (TPSA) is 60.5 Å². The van der Waals surface area contributed by atoms with Crippen molar-refractivity contribution in [3.8, 4) is 23.0 Å². The Kier molecular flexibility index (Phi) is 14.7. The average molecular weight is 895 g/mol. The summed E-state index contributed by atoms with van der Waals surface area (Å²) in [6.07, 6.45) is 1.54. The molecule has 7 rings (SSSR count). The molecule has 0 unspecified atom stereocenters. The molecule has 1 heterocycles. The van der Waals surface area contributed by atoms with Gasteiger partial charge >= 0.3 is 6.03 Å². The molecule has 6 aromatic rings. The molecular formula is C55H64N2O5P2.